The highest BCUT2D eigenvalue weighted by molar-refractivity contribution is 5.92. The zero-order valence-corrected chi connectivity index (χ0v) is 12.2. The molecule has 1 aromatic heterocycles. The summed E-state index contributed by atoms with van der Waals surface area (Å²) in [6, 6.07) is 12.7. The zero-order valence-electron chi connectivity index (χ0n) is 12.2. The highest BCUT2D eigenvalue weighted by Crippen LogP contribution is 2.17. The van der Waals surface area contributed by atoms with Crippen molar-refractivity contribution in [1.29, 1.82) is 0 Å². The van der Waals surface area contributed by atoms with Gasteiger partial charge in [0.2, 0.25) is 0 Å². The molecule has 0 aliphatic carbocycles. The highest BCUT2D eigenvalue weighted by Gasteiger charge is 2.11. The SMILES string of the molecule is CN(C)c1ccc([C@H](O)CNC(=O)c2ccccn2)cc1. The molecule has 2 N–H and O–H groups in total. The van der Waals surface area contributed by atoms with Gasteiger partial charge in [-0.1, -0.05) is 18.2 Å². The van der Waals surface area contributed by atoms with E-state index in [2.05, 4.69) is 10.3 Å². The van der Waals surface area contributed by atoms with Crippen molar-refractivity contribution >= 4 is 11.6 Å². The molecular weight excluding hydrogens is 266 g/mol. The average Bonchev–Trinajstić information content (AvgIpc) is 2.53. The number of aliphatic hydroxyl groups is 1. The molecule has 0 saturated carbocycles. The summed E-state index contributed by atoms with van der Waals surface area (Å²) in [6.07, 6.45) is 0.819. The van der Waals surface area contributed by atoms with Crippen LogP contribution in [0, 0.1) is 0 Å². The molecule has 5 nitrogen and oxygen atoms in total. The second-order valence-electron chi connectivity index (χ2n) is 4.93. The lowest BCUT2D eigenvalue weighted by Crippen LogP contribution is -2.29. The van der Waals surface area contributed by atoms with E-state index in [1.54, 1.807) is 24.4 Å². The summed E-state index contributed by atoms with van der Waals surface area (Å²) in [7, 11) is 3.91. The Morgan fingerprint density at radius 3 is 2.52 bits per heavy atom. The van der Waals surface area contributed by atoms with E-state index in [1.807, 2.05) is 43.3 Å². The normalized spacial score (nSPS) is 11.8. The number of rotatable bonds is 5. The molecule has 0 unspecified atom stereocenters. The summed E-state index contributed by atoms with van der Waals surface area (Å²) in [4.78, 5) is 17.8. The quantitative estimate of drug-likeness (QED) is 0.876. The van der Waals surface area contributed by atoms with E-state index in [-0.39, 0.29) is 12.5 Å². The van der Waals surface area contributed by atoms with Crippen molar-refractivity contribution in [2.24, 2.45) is 0 Å². The molecule has 5 heteroatoms. The van der Waals surface area contributed by atoms with Crippen molar-refractivity contribution < 1.29 is 9.90 Å². The maximum absolute atomic E-state index is 11.8. The fourth-order valence-corrected chi connectivity index (χ4v) is 1.89. The molecule has 0 spiro atoms. The van der Waals surface area contributed by atoms with Crippen LogP contribution in [0.3, 0.4) is 0 Å². The lowest BCUT2D eigenvalue weighted by atomic mass is 10.1. The first-order valence-corrected chi connectivity index (χ1v) is 6.72. The third kappa shape index (κ3) is 4.03. The Balaban J connectivity index is 1.92. The minimum atomic E-state index is -0.742. The number of hydrogen-bond acceptors (Lipinski definition) is 4. The number of hydrogen-bond donors (Lipinski definition) is 2. The van der Waals surface area contributed by atoms with Gasteiger partial charge in [-0.05, 0) is 29.8 Å². The Hall–Kier alpha value is -2.40. The van der Waals surface area contributed by atoms with Crippen molar-refractivity contribution in [2.75, 3.05) is 25.5 Å². The van der Waals surface area contributed by atoms with Gasteiger partial charge in [0.1, 0.15) is 5.69 Å². The van der Waals surface area contributed by atoms with Crippen LogP contribution in [-0.4, -0.2) is 36.6 Å². The maximum atomic E-state index is 11.8. The Kier molecular flexibility index (Phi) is 4.90. The molecule has 1 atom stereocenters. The van der Waals surface area contributed by atoms with Crippen LogP contribution in [0.5, 0.6) is 0 Å². The van der Waals surface area contributed by atoms with Crippen molar-refractivity contribution in [3.05, 3.63) is 59.9 Å². The van der Waals surface area contributed by atoms with Crippen LogP contribution in [-0.2, 0) is 0 Å². The van der Waals surface area contributed by atoms with E-state index < -0.39 is 6.10 Å². The third-order valence-corrected chi connectivity index (χ3v) is 3.15. The first-order chi connectivity index (χ1) is 10.1. The molecule has 0 bridgehead atoms. The molecule has 2 aromatic rings. The third-order valence-electron chi connectivity index (χ3n) is 3.15. The molecule has 0 aliphatic heterocycles. The smallest absolute Gasteiger partial charge is 0.269 e. The highest BCUT2D eigenvalue weighted by atomic mass is 16.3. The molecule has 1 amide bonds. The number of benzene rings is 1. The topological polar surface area (TPSA) is 65.5 Å². The van der Waals surface area contributed by atoms with Crippen LogP contribution < -0.4 is 10.2 Å². The lowest BCUT2D eigenvalue weighted by molar-refractivity contribution is 0.0911. The Labute approximate surface area is 124 Å². The summed E-state index contributed by atoms with van der Waals surface area (Å²) in [5.74, 6) is -0.292. The molecule has 110 valence electrons. The first kappa shape index (κ1) is 15.0. The van der Waals surface area contributed by atoms with Gasteiger partial charge < -0.3 is 15.3 Å². The van der Waals surface area contributed by atoms with E-state index in [1.165, 1.54) is 0 Å². The van der Waals surface area contributed by atoms with Crippen LogP contribution in [0.2, 0.25) is 0 Å². The fraction of sp³-hybridized carbons (Fsp3) is 0.250. The van der Waals surface area contributed by atoms with Crippen molar-refractivity contribution in [2.45, 2.75) is 6.10 Å². The van der Waals surface area contributed by atoms with Gasteiger partial charge in [-0.25, -0.2) is 0 Å². The van der Waals surface area contributed by atoms with Crippen LogP contribution in [0.4, 0.5) is 5.69 Å². The second kappa shape index (κ2) is 6.85. The number of amides is 1. The molecule has 0 saturated heterocycles. The fourth-order valence-electron chi connectivity index (χ4n) is 1.89. The summed E-state index contributed by atoms with van der Waals surface area (Å²) in [5.41, 5.74) is 2.16. The summed E-state index contributed by atoms with van der Waals surface area (Å²) in [5, 5.41) is 12.8. The van der Waals surface area contributed by atoms with Gasteiger partial charge in [0.05, 0.1) is 6.10 Å². The number of carbonyl (C=O) groups excluding carboxylic acids is 1. The van der Waals surface area contributed by atoms with E-state index in [4.69, 9.17) is 0 Å². The number of pyridine rings is 1. The molecule has 0 fully saturated rings. The van der Waals surface area contributed by atoms with Gasteiger partial charge in [0, 0.05) is 32.5 Å². The average molecular weight is 285 g/mol. The largest absolute Gasteiger partial charge is 0.387 e. The number of aliphatic hydroxyl groups excluding tert-OH is 1. The van der Waals surface area contributed by atoms with E-state index in [9.17, 15) is 9.90 Å². The van der Waals surface area contributed by atoms with Crippen LogP contribution in [0.25, 0.3) is 0 Å². The molecular formula is C16H19N3O2. The monoisotopic (exact) mass is 285 g/mol. The number of anilines is 1. The minimum Gasteiger partial charge on any atom is -0.387 e. The predicted octanol–water partition coefficient (Wildman–Crippen LogP) is 1.61. The Morgan fingerprint density at radius 1 is 1.24 bits per heavy atom. The van der Waals surface area contributed by atoms with Gasteiger partial charge in [-0.2, -0.15) is 0 Å². The number of aromatic nitrogens is 1. The van der Waals surface area contributed by atoms with Crippen molar-refractivity contribution in [3.63, 3.8) is 0 Å². The van der Waals surface area contributed by atoms with Crippen molar-refractivity contribution in [1.82, 2.24) is 10.3 Å². The minimum absolute atomic E-state index is 0.150. The Bertz CT molecular complexity index is 582. The zero-order chi connectivity index (χ0) is 15.2. The van der Waals surface area contributed by atoms with Crippen LogP contribution in [0.1, 0.15) is 22.2 Å². The predicted molar refractivity (Wildman–Crippen MR) is 82.3 cm³/mol. The number of carbonyl (C=O) groups is 1. The van der Waals surface area contributed by atoms with Gasteiger partial charge in [-0.3, -0.25) is 9.78 Å². The van der Waals surface area contributed by atoms with Crippen LogP contribution in [0.15, 0.2) is 48.7 Å². The van der Waals surface area contributed by atoms with E-state index in [0.717, 1.165) is 11.3 Å². The van der Waals surface area contributed by atoms with E-state index in [0.29, 0.717) is 5.69 Å². The molecule has 21 heavy (non-hydrogen) atoms. The summed E-state index contributed by atoms with van der Waals surface area (Å²) in [6.45, 7) is 0.150. The van der Waals surface area contributed by atoms with Gasteiger partial charge in [0.25, 0.3) is 5.91 Å². The van der Waals surface area contributed by atoms with Gasteiger partial charge in [-0.15, -0.1) is 0 Å². The van der Waals surface area contributed by atoms with Crippen molar-refractivity contribution in [3.8, 4) is 0 Å². The van der Waals surface area contributed by atoms with Gasteiger partial charge in [0.15, 0.2) is 0 Å². The number of nitrogens with zero attached hydrogens (tertiary/aromatic N) is 2. The molecule has 1 aromatic carbocycles. The summed E-state index contributed by atoms with van der Waals surface area (Å²) < 4.78 is 0. The van der Waals surface area contributed by atoms with E-state index >= 15 is 0 Å². The molecule has 0 radical (unpaired) electrons. The number of nitrogens with one attached hydrogen (secondary N) is 1. The molecule has 1 heterocycles. The molecule has 0 aliphatic rings. The maximum Gasteiger partial charge on any atom is 0.269 e. The second-order valence-corrected chi connectivity index (χ2v) is 4.93. The summed E-state index contributed by atoms with van der Waals surface area (Å²) >= 11 is 0. The molecule has 2 rings (SSSR count). The lowest BCUT2D eigenvalue weighted by Gasteiger charge is -2.15. The van der Waals surface area contributed by atoms with Gasteiger partial charge >= 0.3 is 0 Å². The Morgan fingerprint density at radius 2 is 1.95 bits per heavy atom. The standard InChI is InChI=1S/C16H19N3O2/c1-19(2)13-8-6-12(7-9-13)15(20)11-18-16(21)14-5-3-4-10-17-14/h3-10,15,20H,11H2,1-2H3,(H,18,21)/t15-/m1/s1. The first-order valence-electron chi connectivity index (χ1n) is 6.72. The van der Waals surface area contributed by atoms with Crippen LogP contribution >= 0.6 is 0 Å².